The lowest BCUT2D eigenvalue weighted by molar-refractivity contribution is 0.0197. The fourth-order valence-electron chi connectivity index (χ4n) is 6.33. The lowest BCUT2D eigenvalue weighted by atomic mass is 10.0. The molecule has 57 heavy (non-hydrogen) atoms. The number of amides is 1. The van der Waals surface area contributed by atoms with Crippen LogP contribution >= 0.6 is 0 Å². The Morgan fingerprint density at radius 2 is 1.61 bits per heavy atom. The topological polar surface area (TPSA) is 276 Å². The molecule has 2 unspecified atom stereocenters. The highest BCUT2D eigenvalue weighted by Crippen LogP contribution is 2.46. The van der Waals surface area contributed by atoms with Gasteiger partial charge < -0.3 is 19.3 Å². The zero-order valence-corrected chi connectivity index (χ0v) is 32.9. The van der Waals surface area contributed by atoms with E-state index in [4.69, 9.17) is 8.92 Å². The Morgan fingerprint density at radius 1 is 0.912 bits per heavy atom. The molecule has 0 aromatic heterocycles. The third-order valence-electron chi connectivity index (χ3n) is 9.12. The molecular weight excluding hydrogens is 829 g/mol. The van der Waals surface area contributed by atoms with Crippen molar-refractivity contribution < 1.29 is 61.9 Å². The molecule has 1 heterocycles. The first-order chi connectivity index (χ1) is 26.8. The first kappa shape index (κ1) is 41.7. The summed E-state index contributed by atoms with van der Waals surface area (Å²) in [5.41, 5.74) is -1.64. The van der Waals surface area contributed by atoms with Crippen molar-refractivity contribution in [2.45, 2.75) is 34.1 Å². The normalized spacial score (nSPS) is 15.5. The number of azo groups is 1. The Hall–Kier alpha value is -4.91. The average molecular weight is 863 g/mol. The molecule has 5 N–H and O–H groups in total. The van der Waals surface area contributed by atoms with E-state index < -0.39 is 74.3 Å². The molecule has 1 aliphatic rings. The van der Waals surface area contributed by atoms with Gasteiger partial charge in [-0.25, -0.2) is 8.42 Å². The third-order valence-corrected chi connectivity index (χ3v) is 13.0. The Labute approximate surface area is 329 Å². The maximum absolute atomic E-state index is 13.3. The maximum Gasteiger partial charge on any atom is 0.357 e. The molecule has 0 aliphatic carbocycles. The van der Waals surface area contributed by atoms with Gasteiger partial charge in [0.15, 0.2) is 15.6 Å². The van der Waals surface area contributed by atoms with Crippen molar-refractivity contribution in [1.29, 1.82) is 0 Å². The van der Waals surface area contributed by atoms with E-state index in [9.17, 15) is 53.0 Å². The van der Waals surface area contributed by atoms with Crippen molar-refractivity contribution in [1.82, 2.24) is 4.90 Å². The lowest BCUT2D eigenvalue weighted by Gasteiger charge is -2.32. The quantitative estimate of drug-likeness (QED) is 0.0574. The fourth-order valence-corrected chi connectivity index (χ4v) is 9.55. The summed E-state index contributed by atoms with van der Waals surface area (Å²) in [4.78, 5) is 13.2. The molecule has 0 spiro atoms. The molecular formula is C35H34N4O14S4. The first-order valence-corrected chi connectivity index (χ1v) is 22.4. The third kappa shape index (κ3) is 9.46. The van der Waals surface area contributed by atoms with E-state index in [1.165, 1.54) is 30.3 Å². The number of hydrogen-bond donors (Lipinski definition) is 5. The number of rotatable bonds is 13. The van der Waals surface area contributed by atoms with Gasteiger partial charge in [-0.3, -0.25) is 23.4 Å². The number of sulfone groups is 1. The fraction of sp³-hybridized carbons (Fsp3) is 0.229. The van der Waals surface area contributed by atoms with E-state index in [1.807, 2.05) is 6.92 Å². The molecule has 2 atom stereocenters. The smallest absolute Gasteiger partial charge is 0.357 e. The second-order valence-corrected chi connectivity index (χ2v) is 18.3. The molecule has 0 radical (unpaired) electrons. The Kier molecular flexibility index (Phi) is 12.1. The number of nitrogens with one attached hydrogen (secondary N) is 1. The molecule has 1 amide bonds. The van der Waals surface area contributed by atoms with Gasteiger partial charge in [-0.2, -0.15) is 21.0 Å². The standard InChI is InChI=1S/C35H34N4O14S4/c1-21(39-12-14-52-15-13-39)11-16-55(44,45)26-8-9-27-23(18-26)7-10-28(34(27)57(49,50)51)37-38-32-30(56(46,47)48)19-24-17-25(53-54(42)43)20-29(31(24)33(32)40)36-35(41)22-5-3-2-4-6-22/h2-10,17-21,40H,11-16H2,1H3,(H,36,41)(H,42,43)(H,46,47,48)(H,49,50,51). The lowest BCUT2D eigenvalue weighted by Crippen LogP contribution is -2.42. The summed E-state index contributed by atoms with van der Waals surface area (Å²) in [6, 6.07) is 16.4. The number of phenolic OH excluding ortho intramolecular Hbond substituents is 1. The first-order valence-electron chi connectivity index (χ1n) is 16.8. The largest absolute Gasteiger partial charge is 0.505 e. The predicted molar refractivity (Wildman–Crippen MR) is 208 cm³/mol. The van der Waals surface area contributed by atoms with Gasteiger partial charge in [-0.1, -0.05) is 30.3 Å². The summed E-state index contributed by atoms with van der Waals surface area (Å²) in [6.45, 7) is 4.37. The summed E-state index contributed by atoms with van der Waals surface area (Å²) >= 11 is -2.88. The van der Waals surface area contributed by atoms with Crippen LogP contribution < -0.4 is 9.50 Å². The predicted octanol–water partition coefficient (Wildman–Crippen LogP) is 5.26. The number of hydrogen-bond acceptors (Lipinski definition) is 14. The molecule has 1 saturated heterocycles. The van der Waals surface area contributed by atoms with Gasteiger partial charge in [0.05, 0.1) is 29.5 Å². The highest BCUT2D eigenvalue weighted by atomic mass is 32.2. The molecule has 18 nitrogen and oxygen atoms in total. The maximum atomic E-state index is 13.3. The number of anilines is 1. The minimum atomic E-state index is -5.26. The molecule has 5 aromatic carbocycles. The highest BCUT2D eigenvalue weighted by molar-refractivity contribution is 7.91. The van der Waals surface area contributed by atoms with Gasteiger partial charge in [0.25, 0.3) is 26.1 Å². The summed E-state index contributed by atoms with van der Waals surface area (Å²) in [5, 5.41) is 21.0. The molecule has 6 rings (SSSR count). The van der Waals surface area contributed by atoms with Gasteiger partial charge in [-0.05, 0) is 66.6 Å². The molecule has 5 aromatic rings. The number of fused-ring (bicyclic) bond motifs is 2. The van der Waals surface area contributed by atoms with E-state index in [1.54, 1.807) is 18.2 Å². The van der Waals surface area contributed by atoms with Crippen LogP contribution in [0.25, 0.3) is 21.5 Å². The summed E-state index contributed by atoms with van der Waals surface area (Å²) in [7, 11) is -14.3. The van der Waals surface area contributed by atoms with Crippen LogP contribution in [0.15, 0.2) is 104 Å². The molecule has 0 saturated carbocycles. The molecule has 1 fully saturated rings. The minimum Gasteiger partial charge on any atom is -0.505 e. The number of nitrogens with zero attached hydrogens (tertiary/aromatic N) is 3. The number of benzene rings is 5. The van der Waals surface area contributed by atoms with Crippen LogP contribution in [-0.2, 0) is 46.2 Å². The zero-order chi connectivity index (χ0) is 41.3. The Morgan fingerprint density at radius 3 is 2.26 bits per heavy atom. The second kappa shape index (κ2) is 16.5. The summed E-state index contributed by atoms with van der Waals surface area (Å²) < 4.78 is 129. The Balaban J connectivity index is 1.43. The van der Waals surface area contributed by atoms with E-state index >= 15 is 0 Å². The molecule has 302 valence electrons. The number of carbonyl (C=O) groups excluding carboxylic acids is 1. The number of aromatic hydroxyl groups is 1. The number of morpholine rings is 1. The van der Waals surface area contributed by atoms with Crippen molar-refractivity contribution in [2.24, 2.45) is 10.2 Å². The molecule has 0 bridgehead atoms. The van der Waals surface area contributed by atoms with E-state index in [0.717, 1.165) is 30.3 Å². The van der Waals surface area contributed by atoms with Crippen LogP contribution in [0.2, 0.25) is 0 Å². The SMILES string of the molecule is CC(CCS(=O)(=O)c1ccc2c(S(=O)(=O)O)c(N=Nc3c(S(=O)(=O)O)cc4cc(OS(=O)O)cc(NC(=O)c5ccccc5)c4c3O)ccc2c1)N1CCOCC1. The molecule has 1 aliphatic heterocycles. The Bertz CT molecular complexity index is 2780. The summed E-state index contributed by atoms with van der Waals surface area (Å²) in [6.07, 6.45) is 0.322. The van der Waals surface area contributed by atoms with Crippen LogP contribution in [0.3, 0.4) is 0 Å². The summed E-state index contributed by atoms with van der Waals surface area (Å²) in [5.74, 6) is -2.30. The van der Waals surface area contributed by atoms with Gasteiger partial charge in [0.2, 0.25) is 0 Å². The van der Waals surface area contributed by atoms with Gasteiger partial charge >= 0.3 is 11.4 Å². The monoisotopic (exact) mass is 862 g/mol. The minimum absolute atomic E-state index is 0.0455. The molecule has 22 heteroatoms. The van der Waals surface area contributed by atoms with E-state index in [0.29, 0.717) is 32.7 Å². The number of carbonyl (C=O) groups is 1. The van der Waals surface area contributed by atoms with E-state index in [-0.39, 0.29) is 55.2 Å². The van der Waals surface area contributed by atoms with Crippen LogP contribution in [0, 0.1) is 0 Å². The van der Waals surface area contributed by atoms with Crippen molar-refractivity contribution in [3.05, 3.63) is 84.4 Å². The van der Waals surface area contributed by atoms with Crippen LogP contribution in [-0.4, -0.2) is 97.1 Å². The van der Waals surface area contributed by atoms with Gasteiger partial charge in [-0.15, -0.1) is 10.2 Å². The van der Waals surface area contributed by atoms with Gasteiger partial charge in [0, 0.05) is 41.5 Å². The zero-order valence-electron chi connectivity index (χ0n) is 29.7. The number of ether oxygens (including phenoxy) is 1. The van der Waals surface area contributed by atoms with Crippen molar-refractivity contribution in [3.8, 4) is 11.5 Å². The van der Waals surface area contributed by atoms with Crippen LogP contribution in [0.4, 0.5) is 17.1 Å². The average Bonchev–Trinajstić information content (AvgIpc) is 3.15. The van der Waals surface area contributed by atoms with Crippen LogP contribution in [0.5, 0.6) is 11.5 Å². The van der Waals surface area contributed by atoms with Crippen LogP contribution in [0.1, 0.15) is 23.7 Å². The van der Waals surface area contributed by atoms with E-state index in [2.05, 4.69) is 20.4 Å². The highest BCUT2D eigenvalue weighted by Gasteiger charge is 2.27. The number of phenols is 1. The second-order valence-electron chi connectivity index (χ2n) is 12.8. The van der Waals surface area contributed by atoms with Crippen molar-refractivity contribution >= 4 is 85.9 Å². The van der Waals surface area contributed by atoms with Crippen molar-refractivity contribution in [3.63, 3.8) is 0 Å². The van der Waals surface area contributed by atoms with Crippen molar-refractivity contribution in [2.75, 3.05) is 37.4 Å². The van der Waals surface area contributed by atoms with Gasteiger partial charge in [0.1, 0.15) is 26.9 Å².